The molecule has 0 bridgehead atoms. The molecule has 1 aliphatic carbocycles. The monoisotopic (exact) mass is 508 g/mol. The maximum absolute atomic E-state index is 14.5. The number of halogens is 1. The summed E-state index contributed by atoms with van der Waals surface area (Å²) in [7, 11) is 5.52. The number of hydrogen-bond donors (Lipinski definition) is 1. The number of hydrogen-bond acceptors (Lipinski definition) is 4. The van der Waals surface area contributed by atoms with Crippen LogP contribution in [0.25, 0.3) is 10.9 Å². The van der Waals surface area contributed by atoms with Crippen molar-refractivity contribution in [2.24, 2.45) is 5.92 Å². The number of fused-ring (bicyclic) bond motifs is 1. The van der Waals surface area contributed by atoms with Crippen molar-refractivity contribution in [2.45, 2.75) is 30.8 Å². The van der Waals surface area contributed by atoms with Gasteiger partial charge in [-0.3, -0.25) is 0 Å². The SMILES string of the molecule is COc1nc2ccc(C#CC3CC3)cc2cc1[C@@H](c1ccccc1)C(O)(CCN(C)C)c1cccc(F)c1. The first-order chi connectivity index (χ1) is 18.4. The van der Waals surface area contributed by atoms with Crippen LogP contribution in [0.15, 0.2) is 78.9 Å². The third-order valence-electron chi connectivity index (χ3n) is 7.18. The van der Waals surface area contributed by atoms with Crippen LogP contribution >= 0.6 is 0 Å². The molecule has 4 nitrogen and oxygen atoms in total. The summed E-state index contributed by atoms with van der Waals surface area (Å²) in [5, 5.41) is 13.5. The van der Waals surface area contributed by atoms with Crippen molar-refractivity contribution in [3.05, 3.63) is 107 Å². The van der Waals surface area contributed by atoms with Crippen LogP contribution in [0.3, 0.4) is 0 Å². The Morgan fingerprint density at radius 2 is 1.84 bits per heavy atom. The fraction of sp³-hybridized carbons (Fsp3) is 0.303. The highest BCUT2D eigenvalue weighted by atomic mass is 19.1. The van der Waals surface area contributed by atoms with Crippen LogP contribution in [-0.2, 0) is 5.60 Å². The minimum Gasteiger partial charge on any atom is -0.481 e. The van der Waals surface area contributed by atoms with Gasteiger partial charge in [0.1, 0.15) is 11.4 Å². The molecule has 1 heterocycles. The van der Waals surface area contributed by atoms with E-state index >= 15 is 0 Å². The predicted octanol–water partition coefficient (Wildman–Crippen LogP) is 6.12. The summed E-state index contributed by atoms with van der Waals surface area (Å²) in [6.45, 7) is 0.598. The third kappa shape index (κ3) is 5.57. The Morgan fingerprint density at radius 1 is 1.05 bits per heavy atom. The minimum atomic E-state index is -1.44. The van der Waals surface area contributed by atoms with Gasteiger partial charge in [0.05, 0.1) is 12.6 Å². The smallest absolute Gasteiger partial charge is 0.217 e. The van der Waals surface area contributed by atoms with Crippen LogP contribution in [-0.4, -0.2) is 42.7 Å². The fourth-order valence-electron chi connectivity index (χ4n) is 5.00. The lowest BCUT2D eigenvalue weighted by Crippen LogP contribution is -2.38. The van der Waals surface area contributed by atoms with Gasteiger partial charge in [-0.1, -0.05) is 54.3 Å². The third-order valence-corrected chi connectivity index (χ3v) is 7.18. The van der Waals surface area contributed by atoms with Gasteiger partial charge in [0, 0.05) is 34.9 Å². The number of aliphatic hydroxyl groups is 1. The standard InChI is InChI=1S/C33H33FN2O2/c1-36(2)19-18-33(37,27-10-7-11-28(34)22-27)31(25-8-5-4-6-9-25)29-21-26-20-24(15-14-23-12-13-23)16-17-30(26)35-32(29)38-3/h4-11,16-17,20-23,31,37H,12-13,18-19H2,1-3H3/t31-,33?/m1/s1. The molecular weight excluding hydrogens is 475 g/mol. The van der Waals surface area contributed by atoms with E-state index in [2.05, 4.69) is 11.8 Å². The van der Waals surface area contributed by atoms with Crippen LogP contribution in [0, 0.1) is 23.6 Å². The van der Waals surface area contributed by atoms with Crippen LogP contribution in [0.2, 0.25) is 0 Å². The Bertz CT molecular complexity index is 1490. The van der Waals surface area contributed by atoms with Gasteiger partial charge >= 0.3 is 0 Å². The number of ether oxygens (including phenoxy) is 1. The molecule has 4 aromatic rings. The molecule has 5 rings (SSSR count). The van der Waals surface area contributed by atoms with Crippen molar-refractivity contribution in [3.8, 4) is 17.7 Å². The molecule has 1 N–H and O–H groups in total. The summed E-state index contributed by atoms with van der Waals surface area (Å²) in [6.07, 6.45) is 2.72. The van der Waals surface area contributed by atoms with Gasteiger partial charge < -0.3 is 14.7 Å². The molecule has 0 radical (unpaired) electrons. The lowest BCUT2D eigenvalue weighted by Gasteiger charge is -2.39. The summed E-state index contributed by atoms with van der Waals surface area (Å²) >= 11 is 0. The second-order valence-electron chi connectivity index (χ2n) is 10.4. The van der Waals surface area contributed by atoms with E-state index in [1.807, 2.05) is 73.6 Å². The Morgan fingerprint density at radius 3 is 2.53 bits per heavy atom. The molecule has 5 heteroatoms. The number of pyridine rings is 1. The normalized spacial score (nSPS) is 15.5. The van der Waals surface area contributed by atoms with Crippen molar-refractivity contribution in [1.82, 2.24) is 9.88 Å². The number of methoxy groups -OCH3 is 1. The van der Waals surface area contributed by atoms with Crippen molar-refractivity contribution >= 4 is 10.9 Å². The van der Waals surface area contributed by atoms with E-state index in [1.54, 1.807) is 19.2 Å². The molecule has 0 aliphatic heterocycles. The largest absolute Gasteiger partial charge is 0.481 e. The topological polar surface area (TPSA) is 45.6 Å². The molecule has 0 amide bonds. The molecule has 1 aromatic heterocycles. The molecule has 1 fully saturated rings. The zero-order valence-corrected chi connectivity index (χ0v) is 22.1. The van der Waals surface area contributed by atoms with Gasteiger partial charge in [0.25, 0.3) is 0 Å². The number of benzene rings is 3. The van der Waals surface area contributed by atoms with Gasteiger partial charge in [0.15, 0.2) is 0 Å². The first kappa shape index (κ1) is 25.9. The fourth-order valence-corrected chi connectivity index (χ4v) is 5.00. The Hall–Kier alpha value is -3.72. The number of rotatable bonds is 8. The molecule has 0 spiro atoms. The lowest BCUT2D eigenvalue weighted by molar-refractivity contribution is 0.00354. The van der Waals surface area contributed by atoms with Crippen molar-refractivity contribution in [3.63, 3.8) is 0 Å². The molecule has 0 saturated heterocycles. The highest BCUT2D eigenvalue weighted by molar-refractivity contribution is 5.82. The van der Waals surface area contributed by atoms with E-state index in [4.69, 9.17) is 9.72 Å². The van der Waals surface area contributed by atoms with Crippen molar-refractivity contribution < 1.29 is 14.2 Å². The zero-order valence-electron chi connectivity index (χ0n) is 22.1. The highest BCUT2D eigenvalue weighted by Crippen LogP contribution is 2.47. The van der Waals surface area contributed by atoms with Crippen LogP contribution < -0.4 is 4.74 Å². The van der Waals surface area contributed by atoms with E-state index in [9.17, 15) is 9.50 Å². The van der Waals surface area contributed by atoms with Gasteiger partial charge in [-0.05, 0) is 80.9 Å². The average molecular weight is 509 g/mol. The summed E-state index contributed by atoms with van der Waals surface area (Å²) in [5.41, 5.74) is 2.42. The van der Waals surface area contributed by atoms with E-state index in [0.717, 1.165) is 27.6 Å². The van der Waals surface area contributed by atoms with Gasteiger partial charge in [-0.15, -0.1) is 0 Å². The summed E-state index contributed by atoms with van der Waals surface area (Å²) in [4.78, 5) is 6.86. The first-order valence-electron chi connectivity index (χ1n) is 13.1. The summed E-state index contributed by atoms with van der Waals surface area (Å²) in [5.74, 6) is 6.61. The summed E-state index contributed by atoms with van der Waals surface area (Å²) in [6, 6.07) is 24.1. The maximum Gasteiger partial charge on any atom is 0.217 e. The molecule has 1 saturated carbocycles. The number of nitrogens with zero attached hydrogens (tertiary/aromatic N) is 2. The highest BCUT2D eigenvalue weighted by Gasteiger charge is 2.42. The average Bonchev–Trinajstić information content (AvgIpc) is 3.76. The predicted molar refractivity (Wildman–Crippen MR) is 150 cm³/mol. The van der Waals surface area contributed by atoms with E-state index < -0.39 is 11.5 Å². The molecule has 38 heavy (non-hydrogen) atoms. The minimum absolute atomic E-state index is 0.372. The zero-order chi connectivity index (χ0) is 26.7. The molecule has 3 aromatic carbocycles. The van der Waals surface area contributed by atoms with Crippen LogP contribution in [0.5, 0.6) is 5.88 Å². The summed E-state index contributed by atoms with van der Waals surface area (Å²) < 4.78 is 20.3. The van der Waals surface area contributed by atoms with Gasteiger partial charge in [0.2, 0.25) is 5.88 Å². The molecule has 194 valence electrons. The first-order valence-corrected chi connectivity index (χ1v) is 13.1. The second-order valence-corrected chi connectivity index (χ2v) is 10.4. The molecule has 1 unspecified atom stereocenters. The van der Waals surface area contributed by atoms with E-state index in [-0.39, 0.29) is 5.82 Å². The van der Waals surface area contributed by atoms with Gasteiger partial charge in [-0.2, -0.15) is 0 Å². The lowest BCUT2D eigenvalue weighted by atomic mass is 9.71. The van der Waals surface area contributed by atoms with Gasteiger partial charge in [-0.25, -0.2) is 9.37 Å². The second kappa shape index (κ2) is 10.9. The maximum atomic E-state index is 14.5. The Kier molecular flexibility index (Phi) is 7.46. The van der Waals surface area contributed by atoms with Crippen LogP contribution in [0.1, 0.15) is 47.4 Å². The Labute approximate surface area is 224 Å². The van der Waals surface area contributed by atoms with Crippen molar-refractivity contribution in [1.29, 1.82) is 0 Å². The van der Waals surface area contributed by atoms with E-state index in [0.29, 0.717) is 30.3 Å². The molecule has 2 atom stereocenters. The van der Waals surface area contributed by atoms with E-state index in [1.165, 1.54) is 25.0 Å². The molecular formula is C33H33FN2O2. The van der Waals surface area contributed by atoms with Crippen molar-refractivity contribution in [2.75, 3.05) is 27.7 Å². The number of aromatic nitrogens is 1. The quantitative estimate of drug-likeness (QED) is 0.292. The molecule has 1 aliphatic rings. The Balaban J connectivity index is 1.73. The van der Waals surface area contributed by atoms with Crippen LogP contribution in [0.4, 0.5) is 4.39 Å².